The Labute approximate surface area is 101 Å². The Balaban J connectivity index is 2.30. The van der Waals surface area contributed by atoms with Crippen molar-refractivity contribution in [3.8, 4) is 5.75 Å². The lowest BCUT2D eigenvalue weighted by molar-refractivity contribution is 0.141. The average molecular weight is 235 g/mol. The molecule has 1 fully saturated rings. The van der Waals surface area contributed by atoms with E-state index in [0.29, 0.717) is 12.5 Å². The quantitative estimate of drug-likeness (QED) is 0.876. The molecule has 1 aromatic carbocycles. The maximum absolute atomic E-state index is 11.0. The fourth-order valence-electron chi connectivity index (χ4n) is 1.98. The lowest BCUT2D eigenvalue weighted by atomic mass is 9.97. The van der Waals surface area contributed by atoms with E-state index in [2.05, 4.69) is 25.2 Å². The number of benzene rings is 1. The van der Waals surface area contributed by atoms with Crippen molar-refractivity contribution in [2.45, 2.75) is 25.9 Å². The van der Waals surface area contributed by atoms with Crippen LogP contribution in [0, 0.1) is 0 Å². The van der Waals surface area contributed by atoms with Crippen molar-refractivity contribution >= 4 is 6.09 Å². The first-order valence-corrected chi connectivity index (χ1v) is 5.74. The molecule has 0 bridgehead atoms. The van der Waals surface area contributed by atoms with Gasteiger partial charge in [-0.2, -0.15) is 0 Å². The van der Waals surface area contributed by atoms with Crippen molar-refractivity contribution in [2.24, 2.45) is 0 Å². The van der Waals surface area contributed by atoms with Gasteiger partial charge in [0.05, 0.1) is 13.7 Å². The van der Waals surface area contributed by atoms with Gasteiger partial charge in [-0.05, 0) is 29.2 Å². The highest BCUT2D eigenvalue weighted by atomic mass is 16.6. The standard InChI is InChI=1S/C13H17NO3/c1-8(2)10-6-9(4-5-11(10)16-3)12-7-14-13(15)17-12/h4-6,8,12H,7H2,1-3H3,(H,14,15). The first-order chi connectivity index (χ1) is 8.11. The summed E-state index contributed by atoms with van der Waals surface area (Å²) >= 11 is 0. The molecule has 1 saturated heterocycles. The molecule has 4 nitrogen and oxygen atoms in total. The molecule has 1 amide bonds. The van der Waals surface area contributed by atoms with Gasteiger partial charge in [0.25, 0.3) is 0 Å². The van der Waals surface area contributed by atoms with E-state index in [1.54, 1.807) is 7.11 Å². The van der Waals surface area contributed by atoms with Crippen LogP contribution in [0.1, 0.15) is 37.0 Å². The van der Waals surface area contributed by atoms with Crippen LogP contribution in [-0.4, -0.2) is 19.7 Å². The van der Waals surface area contributed by atoms with Crippen molar-refractivity contribution in [3.05, 3.63) is 29.3 Å². The molecular weight excluding hydrogens is 218 g/mol. The number of ether oxygens (including phenoxy) is 2. The lowest BCUT2D eigenvalue weighted by Gasteiger charge is -2.15. The highest BCUT2D eigenvalue weighted by Crippen LogP contribution is 2.31. The largest absolute Gasteiger partial charge is 0.496 e. The van der Waals surface area contributed by atoms with Crippen LogP contribution < -0.4 is 10.1 Å². The Bertz CT molecular complexity index is 429. The van der Waals surface area contributed by atoms with Gasteiger partial charge in [0.1, 0.15) is 11.9 Å². The Morgan fingerprint density at radius 3 is 2.76 bits per heavy atom. The first kappa shape index (κ1) is 11.8. The molecule has 0 spiro atoms. The summed E-state index contributed by atoms with van der Waals surface area (Å²) in [6, 6.07) is 5.92. The van der Waals surface area contributed by atoms with Gasteiger partial charge in [0.2, 0.25) is 0 Å². The Morgan fingerprint density at radius 2 is 2.24 bits per heavy atom. The summed E-state index contributed by atoms with van der Waals surface area (Å²) in [4.78, 5) is 11.0. The molecule has 1 aliphatic heterocycles. The van der Waals surface area contributed by atoms with Gasteiger partial charge in [0, 0.05) is 0 Å². The van der Waals surface area contributed by atoms with E-state index in [0.717, 1.165) is 16.9 Å². The zero-order valence-electron chi connectivity index (χ0n) is 10.3. The number of methoxy groups -OCH3 is 1. The molecule has 4 heteroatoms. The number of carbonyl (C=O) groups is 1. The maximum atomic E-state index is 11.0. The van der Waals surface area contributed by atoms with E-state index in [1.165, 1.54) is 0 Å². The van der Waals surface area contributed by atoms with Gasteiger partial charge in [-0.15, -0.1) is 0 Å². The number of hydrogen-bond acceptors (Lipinski definition) is 3. The normalized spacial score (nSPS) is 19.1. The third-order valence-corrected chi connectivity index (χ3v) is 2.93. The van der Waals surface area contributed by atoms with Gasteiger partial charge in [-0.1, -0.05) is 19.9 Å². The fourth-order valence-corrected chi connectivity index (χ4v) is 1.98. The molecule has 1 atom stereocenters. The van der Waals surface area contributed by atoms with Crippen LogP contribution in [0.25, 0.3) is 0 Å². The van der Waals surface area contributed by atoms with E-state index in [1.807, 2.05) is 12.1 Å². The van der Waals surface area contributed by atoms with Crippen LogP contribution in [0.4, 0.5) is 4.79 Å². The lowest BCUT2D eigenvalue weighted by Crippen LogP contribution is -2.12. The smallest absolute Gasteiger partial charge is 0.407 e. The van der Waals surface area contributed by atoms with Crippen molar-refractivity contribution < 1.29 is 14.3 Å². The van der Waals surface area contributed by atoms with Crippen LogP contribution in [0.2, 0.25) is 0 Å². The van der Waals surface area contributed by atoms with Gasteiger partial charge in [-0.25, -0.2) is 4.79 Å². The van der Waals surface area contributed by atoms with Gasteiger partial charge in [0.15, 0.2) is 0 Å². The summed E-state index contributed by atoms with van der Waals surface area (Å²) in [6.45, 7) is 4.75. The topological polar surface area (TPSA) is 47.6 Å². The average Bonchev–Trinajstić information content (AvgIpc) is 2.75. The molecule has 1 heterocycles. The molecule has 0 saturated carbocycles. The minimum Gasteiger partial charge on any atom is -0.496 e. The summed E-state index contributed by atoms with van der Waals surface area (Å²) in [7, 11) is 1.66. The molecule has 0 radical (unpaired) electrons. The number of nitrogens with one attached hydrogen (secondary N) is 1. The van der Waals surface area contributed by atoms with Crippen molar-refractivity contribution in [1.29, 1.82) is 0 Å². The number of cyclic esters (lactones) is 1. The molecular formula is C13H17NO3. The zero-order chi connectivity index (χ0) is 12.4. The van der Waals surface area contributed by atoms with E-state index in [4.69, 9.17) is 9.47 Å². The van der Waals surface area contributed by atoms with Crippen LogP contribution in [0.5, 0.6) is 5.75 Å². The molecule has 2 rings (SSSR count). The Kier molecular flexibility index (Phi) is 3.22. The highest BCUT2D eigenvalue weighted by Gasteiger charge is 2.25. The predicted molar refractivity (Wildman–Crippen MR) is 64.3 cm³/mol. The molecule has 1 aliphatic rings. The van der Waals surface area contributed by atoms with Gasteiger partial charge < -0.3 is 14.8 Å². The van der Waals surface area contributed by atoms with Crippen LogP contribution in [-0.2, 0) is 4.74 Å². The molecule has 17 heavy (non-hydrogen) atoms. The van der Waals surface area contributed by atoms with Crippen molar-refractivity contribution in [2.75, 3.05) is 13.7 Å². The SMILES string of the molecule is COc1ccc(C2CNC(=O)O2)cc1C(C)C. The number of carbonyl (C=O) groups excluding carboxylic acids is 1. The van der Waals surface area contributed by atoms with E-state index >= 15 is 0 Å². The van der Waals surface area contributed by atoms with Crippen molar-refractivity contribution in [1.82, 2.24) is 5.32 Å². The second kappa shape index (κ2) is 4.65. The molecule has 92 valence electrons. The molecule has 1 N–H and O–H groups in total. The highest BCUT2D eigenvalue weighted by molar-refractivity contribution is 5.69. The summed E-state index contributed by atoms with van der Waals surface area (Å²) in [5, 5.41) is 2.65. The number of rotatable bonds is 3. The second-order valence-electron chi connectivity index (χ2n) is 4.43. The summed E-state index contributed by atoms with van der Waals surface area (Å²) in [6.07, 6.45) is -0.539. The molecule has 0 aromatic heterocycles. The summed E-state index contributed by atoms with van der Waals surface area (Å²) in [5.41, 5.74) is 2.14. The van der Waals surface area contributed by atoms with E-state index in [9.17, 15) is 4.79 Å². The monoisotopic (exact) mass is 235 g/mol. The minimum atomic E-state index is -0.350. The number of amides is 1. The van der Waals surface area contributed by atoms with Crippen LogP contribution in [0.15, 0.2) is 18.2 Å². The van der Waals surface area contributed by atoms with E-state index in [-0.39, 0.29) is 12.2 Å². The van der Waals surface area contributed by atoms with Crippen LogP contribution in [0.3, 0.4) is 0 Å². The maximum Gasteiger partial charge on any atom is 0.407 e. The van der Waals surface area contributed by atoms with Gasteiger partial charge in [-0.3, -0.25) is 0 Å². The zero-order valence-corrected chi connectivity index (χ0v) is 10.3. The Hall–Kier alpha value is -1.71. The van der Waals surface area contributed by atoms with Crippen molar-refractivity contribution in [3.63, 3.8) is 0 Å². The number of hydrogen-bond donors (Lipinski definition) is 1. The summed E-state index contributed by atoms with van der Waals surface area (Å²) < 4.78 is 10.5. The minimum absolute atomic E-state index is 0.189. The molecule has 1 aromatic rings. The number of alkyl carbamates (subject to hydrolysis) is 1. The summed E-state index contributed by atoms with van der Waals surface area (Å²) in [5.74, 6) is 1.25. The van der Waals surface area contributed by atoms with E-state index < -0.39 is 0 Å². The molecule has 0 aliphatic carbocycles. The predicted octanol–water partition coefficient (Wildman–Crippen LogP) is 2.60. The van der Waals surface area contributed by atoms with Gasteiger partial charge >= 0.3 is 6.09 Å². The van der Waals surface area contributed by atoms with Crippen LogP contribution >= 0.6 is 0 Å². The third kappa shape index (κ3) is 2.35. The second-order valence-corrected chi connectivity index (χ2v) is 4.43. The Morgan fingerprint density at radius 1 is 1.47 bits per heavy atom. The molecule has 1 unspecified atom stereocenters. The third-order valence-electron chi connectivity index (χ3n) is 2.93. The fraction of sp³-hybridized carbons (Fsp3) is 0.462. The first-order valence-electron chi connectivity index (χ1n) is 5.74.